The third-order valence-electron chi connectivity index (χ3n) is 5.99. The molecule has 0 N–H and O–H groups in total. The van der Waals surface area contributed by atoms with Crippen LogP contribution in [0.2, 0.25) is 0 Å². The lowest BCUT2D eigenvalue weighted by atomic mass is 10.1. The van der Waals surface area contributed by atoms with E-state index in [1.807, 2.05) is 19.1 Å². The molecule has 4 rings (SSSR count). The molecule has 0 amide bonds. The van der Waals surface area contributed by atoms with E-state index >= 15 is 0 Å². The summed E-state index contributed by atoms with van der Waals surface area (Å²) >= 11 is 1.61. The van der Waals surface area contributed by atoms with E-state index in [2.05, 4.69) is 22.4 Å². The number of sulfone groups is 1. The van der Waals surface area contributed by atoms with Gasteiger partial charge in [-0.15, -0.1) is 11.3 Å². The number of hydrogen-bond donors (Lipinski definition) is 0. The second-order valence-electron chi connectivity index (χ2n) is 8.12. The van der Waals surface area contributed by atoms with Crippen molar-refractivity contribution < 1.29 is 22.6 Å². The van der Waals surface area contributed by atoms with Crippen LogP contribution in [-0.4, -0.2) is 52.6 Å². The smallest absolute Gasteiger partial charge is 0.185 e. The Labute approximate surface area is 205 Å². The zero-order valence-corrected chi connectivity index (χ0v) is 21.3. The summed E-state index contributed by atoms with van der Waals surface area (Å²) in [6.45, 7) is 3.95. The van der Waals surface area contributed by atoms with E-state index in [1.54, 1.807) is 29.5 Å². The maximum Gasteiger partial charge on any atom is 0.185 e. The van der Waals surface area contributed by atoms with Crippen LogP contribution in [0.15, 0.2) is 52.7 Å². The first-order chi connectivity index (χ1) is 16.4. The number of ether oxygens (including phenoxy) is 3. The molecule has 0 bridgehead atoms. The Kier molecular flexibility index (Phi) is 7.63. The molecule has 2 aromatic carbocycles. The van der Waals surface area contributed by atoms with Gasteiger partial charge in [-0.2, -0.15) is 0 Å². The Bertz CT molecular complexity index is 1200. The molecule has 182 valence electrons. The van der Waals surface area contributed by atoms with Crippen molar-refractivity contribution in [3.8, 4) is 17.2 Å². The largest absolute Gasteiger partial charge is 0.494 e. The second-order valence-corrected chi connectivity index (χ2v) is 11.2. The van der Waals surface area contributed by atoms with Crippen molar-refractivity contribution in [1.29, 1.82) is 0 Å². The summed E-state index contributed by atoms with van der Waals surface area (Å²) in [7, 11) is -0.421. The Balaban J connectivity index is 1.38. The number of thiazole rings is 1. The molecule has 0 radical (unpaired) electrons. The van der Waals surface area contributed by atoms with Crippen molar-refractivity contribution in [3.63, 3.8) is 0 Å². The number of aromatic nitrogens is 1. The summed E-state index contributed by atoms with van der Waals surface area (Å²) in [6.07, 6.45) is 1.88. The molecular formula is C25H30N2O5S2. The standard InChI is InChI=1S/C25H30N2O5S2/c1-4-32-20-7-5-18(6-8-20)15-19-17-33-25(26-19)27-13-11-21(12-14-27)34(28,29)22-9-10-23(30-2)24(16-22)31-3/h5-10,16-17,21H,4,11-15H2,1-3H3. The summed E-state index contributed by atoms with van der Waals surface area (Å²) in [5.74, 6) is 1.81. The van der Waals surface area contributed by atoms with Crippen LogP contribution in [0, 0.1) is 0 Å². The third-order valence-corrected chi connectivity index (χ3v) is 9.20. The summed E-state index contributed by atoms with van der Waals surface area (Å²) in [5.41, 5.74) is 2.20. The fourth-order valence-electron chi connectivity index (χ4n) is 4.15. The van der Waals surface area contributed by atoms with Crippen LogP contribution in [0.4, 0.5) is 5.13 Å². The van der Waals surface area contributed by atoms with Crippen molar-refractivity contribution in [1.82, 2.24) is 4.98 Å². The van der Waals surface area contributed by atoms with Gasteiger partial charge in [-0.05, 0) is 49.6 Å². The minimum atomic E-state index is -3.46. The quantitative estimate of drug-likeness (QED) is 0.423. The van der Waals surface area contributed by atoms with Gasteiger partial charge in [0.15, 0.2) is 26.5 Å². The van der Waals surface area contributed by atoms with Crippen LogP contribution in [-0.2, 0) is 16.3 Å². The molecule has 0 aliphatic carbocycles. The van der Waals surface area contributed by atoms with E-state index in [4.69, 9.17) is 19.2 Å². The molecule has 0 unspecified atom stereocenters. The molecule has 1 saturated heterocycles. The Morgan fingerprint density at radius 3 is 2.38 bits per heavy atom. The maximum absolute atomic E-state index is 13.2. The second kappa shape index (κ2) is 10.7. The molecule has 1 aromatic heterocycles. The molecular weight excluding hydrogens is 472 g/mol. The zero-order chi connectivity index (χ0) is 24.1. The number of anilines is 1. The summed E-state index contributed by atoms with van der Waals surface area (Å²) < 4.78 is 42.5. The SMILES string of the molecule is CCOc1ccc(Cc2csc(N3CCC(S(=O)(=O)c4ccc(OC)c(OC)c4)CC3)n2)cc1. The lowest BCUT2D eigenvalue weighted by Crippen LogP contribution is -2.39. The van der Waals surface area contributed by atoms with Gasteiger partial charge in [0.05, 0.1) is 36.7 Å². The molecule has 0 saturated carbocycles. The van der Waals surface area contributed by atoms with Gasteiger partial charge in [0.25, 0.3) is 0 Å². The number of methoxy groups -OCH3 is 2. The van der Waals surface area contributed by atoms with Crippen molar-refractivity contribution in [2.75, 3.05) is 38.8 Å². The number of rotatable bonds is 9. The average molecular weight is 503 g/mol. The van der Waals surface area contributed by atoms with Gasteiger partial charge < -0.3 is 19.1 Å². The van der Waals surface area contributed by atoms with Crippen LogP contribution in [0.5, 0.6) is 17.2 Å². The van der Waals surface area contributed by atoms with E-state index in [9.17, 15) is 8.42 Å². The molecule has 1 aliphatic heterocycles. The molecule has 2 heterocycles. The molecule has 1 fully saturated rings. The van der Waals surface area contributed by atoms with Crippen LogP contribution in [0.3, 0.4) is 0 Å². The van der Waals surface area contributed by atoms with E-state index in [0.717, 1.165) is 23.0 Å². The molecule has 7 nitrogen and oxygen atoms in total. The lowest BCUT2D eigenvalue weighted by Gasteiger charge is -2.31. The Morgan fingerprint density at radius 2 is 1.74 bits per heavy atom. The van der Waals surface area contributed by atoms with Crippen molar-refractivity contribution in [3.05, 3.63) is 59.1 Å². The van der Waals surface area contributed by atoms with Gasteiger partial charge >= 0.3 is 0 Å². The van der Waals surface area contributed by atoms with E-state index in [1.165, 1.54) is 19.8 Å². The first kappa shape index (κ1) is 24.3. The van der Waals surface area contributed by atoms with Gasteiger partial charge in [0.1, 0.15) is 5.75 Å². The minimum absolute atomic E-state index is 0.274. The predicted octanol–water partition coefficient (Wildman–Crippen LogP) is 4.59. The Morgan fingerprint density at radius 1 is 1.03 bits per heavy atom. The highest BCUT2D eigenvalue weighted by Gasteiger charge is 2.32. The molecule has 3 aromatic rings. The van der Waals surface area contributed by atoms with Crippen molar-refractivity contribution in [2.24, 2.45) is 0 Å². The first-order valence-corrected chi connectivity index (χ1v) is 13.7. The molecule has 0 spiro atoms. The normalized spacial score (nSPS) is 14.7. The fraction of sp³-hybridized carbons (Fsp3) is 0.400. The maximum atomic E-state index is 13.2. The predicted molar refractivity (Wildman–Crippen MR) is 134 cm³/mol. The first-order valence-electron chi connectivity index (χ1n) is 11.3. The minimum Gasteiger partial charge on any atom is -0.494 e. The van der Waals surface area contributed by atoms with E-state index in [0.29, 0.717) is 44.0 Å². The highest BCUT2D eigenvalue weighted by molar-refractivity contribution is 7.92. The summed E-state index contributed by atoms with van der Waals surface area (Å²) in [6, 6.07) is 12.9. The van der Waals surface area contributed by atoms with E-state index < -0.39 is 15.1 Å². The monoisotopic (exact) mass is 502 g/mol. The highest BCUT2D eigenvalue weighted by atomic mass is 32.2. The van der Waals surface area contributed by atoms with Crippen LogP contribution in [0.25, 0.3) is 0 Å². The van der Waals surface area contributed by atoms with Crippen LogP contribution < -0.4 is 19.1 Å². The van der Waals surface area contributed by atoms with Gasteiger partial charge in [0, 0.05) is 31.0 Å². The number of nitrogens with zero attached hydrogens (tertiary/aromatic N) is 2. The third kappa shape index (κ3) is 5.31. The zero-order valence-electron chi connectivity index (χ0n) is 19.7. The van der Waals surface area contributed by atoms with Gasteiger partial charge in [0.2, 0.25) is 0 Å². The number of hydrogen-bond acceptors (Lipinski definition) is 8. The van der Waals surface area contributed by atoms with Gasteiger partial charge in [-0.25, -0.2) is 13.4 Å². The molecule has 0 atom stereocenters. The molecule has 1 aliphatic rings. The highest BCUT2D eigenvalue weighted by Crippen LogP contribution is 2.34. The topological polar surface area (TPSA) is 78.0 Å². The fourth-order valence-corrected chi connectivity index (χ4v) is 6.77. The summed E-state index contributed by atoms with van der Waals surface area (Å²) in [4.78, 5) is 7.27. The lowest BCUT2D eigenvalue weighted by molar-refractivity contribution is 0.340. The average Bonchev–Trinajstić information content (AvgIpc) is 3.33. The molecule has 34 heavy (non-hydrogen) atoms. The number of piperidine rings is 1. The van der Waals surface area contributed by atoms with E-state index in [-0.39, 0.29) is 4.90 Å². The van der Waals surface area contributed by atoms with Crippen LogP contribution >= 0.6 is 11.3 Å². The van der Waals surface area contributed by atoms with Crippen molar-refractivity contribution >= 4 is 26.3 Å². The van der Waals surface area contributed by atoms with Crippen molar-refractivity contribution in [2.45, 2.75) is 36.3 Å². The molecule has 9 heteroatoms. The summed E-state index contributed by atoms with van der Waals surface area (Å²) in [5, 5.41) is 2.60. The van der Waals surface area contributed by atoms with Gasteiger partial charge in [-0.1, -0.05) is 12.1 Å². The Hall–Kier alpha value is -2.78. The van der Waals surface area contributed by atoms with Gasteiger partial charge in [-0.3, -0.25) is 0 Å². The number of benzene rings is 2. The van der Waals surface area contributed by atoms with Crippen LogP contribution in [0.1, 0.15) is 31.0 Å².